The molecule has 5 nitrogen and oxygen atoms in total. The Morgan fingerprint density at radius 1 is 0.920 bits per heavy atom. The molecule has 0 amide bonds. The summed E-state index contributed by atoms with van der Waals surface area (Å²) < 4.78 is 10.1. The Labute approximate surface area is 147 Å². The standard InChI is InChI=1S/C20H22O5/c1-12(21)5-6-14-7-9-15(10-8-14)11-16-13(2)17(22)19(24-3)20(25-4)18(16)23/h7-10H,5-6,11H2,1-4H3. The SMILES string of the molecule is COC1=C(OC)C(=O)C(Cc2ccc(CCC(C)=O)cc2)=C(C)C1=O. The molecule has 1 aliphatic carbocycles. The van der Waals surface area contributed by atoms with Crippen molar-refractivity contribution in [1.29, 1.82) is 0 Å². The van der Waals surface area contributed by atoms with Crippen LogP contribution in [0, 0.1) is 0 Å². The monoisotopic (exact) mass is 342 g/mol. The van der Waals surface area contributed by atoms with Crippen LogP contribution in [0.2, 0.25) is 0 Å². The van der Waals surface area contributed by atoms with Crippen LogP contribution in [0.3, 0.4) is 0 Å². The van der Waals surface area contributed by atoms with Gasteiger partial charge >= 0.3 is 0 Å². The van der Waals surface area contributed by atoms with E-state index in [2.05, 4.69) is 0 Å². The average molecular weight is 342 g/mol. The van der Waals surface area contributed by atoms with Crippen LogP contribution < -0.4 is 0 Å². The first-order chi connectivity index (χ1) is 11.9. The highest BCUT2D eigenvalue weighted by molar-refractivity contribution is 6.23. The van der Waals surface area contributed by atoms with Crippen molar-refractivity contribution in [2.75, 3.05) is 14.2 Å². The molecule has 132 valence electrons. The van der Waals surface area contributed by atoms with Crippen molar-refractivity contribution in [3.8, 4) is 0 Å². The van der Waals surface area contributed by atoms with Crippen LogP contribution in [0.25, 0.3) is 0 Å². The molecule has 0 heterocycles. The molecule has 0 unspecified atom stereocenters. The molecule has 0 radical (unpaired) electrons. The highest BCUT2D eigenvalue weighted by Crippen LogP contribution is 2.28. The van der Waals surface area contributed by atoms with Crippen molar-refractivity contribution in [2.24, 2.45) is 0 Å². The summed E-state index contributed by atoms with van der Waals surface area (Å²) >= 11 is 0. The lowest BCUT2D eigenvalue weighted by molar-refractivity contribution is -0.121. The summed E-state index contributed by atoms with van der Waals surface area (Å²) in [5, 5.41) is 0. The number of hydrogen-bond donors (Lipinski definition) is 0. The third kappa shape index (κ3) is 4.05. The number of hydrogen-bond acceptors (Lipinski definition) is 5. The quantitative estimate of drug-likeness (QED) is 0.713. The number of ketones is 3. The predicted molar refractivity (Wildman–Crippen MR) is 92.9 cm³/mol. The lowest BCUT2D eigenvalue weighted by Crippen LogP contribution is -2.26. The number of methoxy groups -OCH3 is 2. The normalized spacial score (nSPS) is 14.9. The molecular formula is C20H22O5. The fourth-order valence-corrected chi connectivity index (χ4v) is 2.75. The third-order valence-corrected chi connectivity index (χ3v) is 4.26. The van der Waals surface area contributed by atoms with Crippen molar-refractivity contribution >= 4 is 17.3 Å². The fourth-order valence-electron chi connectivity index (χ4n) is 2.75. The summed E-state index contributed by atoms with van der Waals surface area (Å²) in [6.45, 7) is 3.20. The highest BCUT2D eigenvalue weighted by Gasteiger charge is 2.34. The first-order valence-corrected chi connectivity index (χ1v) is 8.07. The van der Waals surface area contributed by atoms with Gasteiger partial charge in [0.05, 0.1) is 14.2 Å². The smallest absolute Gasteiger partial charge is 0.228 e. The summed E-state index contributed by atoms with van der Waals surface area (Å²) in [5.41, 5.74) is 2.77. The molecule has 0 aromatic heterocycles. The van der Waals surface area contributed by atoms with E-state index in [9.17, 15) is 14.4 Å². The maximum Gasteiger partial charge on any atom is 0.228 e. The van der Waals surface area contributed by atoms with Gasteiger partial charge in [-0.05, 0) is 31.4 Å². The van der Waals surface area contributed by atoms with Crippen LogP contribution in [0.15, 0.2) is 46.9 Å². The van der Waals surface area contributed by atoms with Crippen molar-refractivity contribution in [1.82, 2.24) is 0 Å². The molecule has 0 saturated carbocycles. The number of carbonyl (C=O) groups is 3. The van der Waals surface area contributed by atoms with Gasteiger partial charge in [0, 0.05) is 24.0 Å². The maximum atomic E-state index is 12.6. The molecule has 0 saturated heterocycles. The molecule has 1 aromatic rings. The zero-order chi connectivity index (χ0) is 18.6. The van der Waals surface area contributed by atoms with Crippen LogP contribution in [-0.2, 0) is 36.7 Å². The van der Waals surface area contributed by atoms with Crippen molar-refractivity contribution < 1.29 is 23.9 Å². The van der Waals surface area contributed by atoms with E-state index in [0.717, 1.165) is 11.1 Å². The molecule has 0 spiro atoms. The van der Waals surface area contributed by atoms with Gasteiger partial charge in [0.2, 0.25) is 23.1 Å². The molecule has 0 aliphatic heterocycles. The van der Waals surface area contributed by atoms with E-state index in [-0.39, 0.29) is 28.9 Å². The summed E-state index contributed by atoms with van der Waals surface area (Å²) in [7, 11) is 2.69. The molecule has 1 aromatic carbocycles. The van der Waals surface area contributed by atoms with Gasteiger partial charge in [0.1, 0.15) is 5.78 Å². The molecule has 1 aliphatic rings. The Kier molecular flexibility index (Phi) is 5.91. The number of benzene rings is 1. The topological polar surface area (TPSA) is 69.7 Å². The summed E-state index contributed by atoms with van der Waals surface area (Å²) in [6, 6.07) is 7.71. The van der Waals surface area contributed by atoms with Crippen molar-refractivity contribution in [2.45, 2.75) is 33.1 Å². The third-order valence-electron chi connectivity index (χ3n) is 4.26. The number of allylic oxidation sites excluding steroid dienone is 2. The van der Waals surface area contributed by atoms with Gasteiger partial charge in [0.15, 0.2) is 0 Å². The first kappa shape index (κ1) is 18.6. The Balaban J connectivity index is 2.22. The summed E-state index contributed by atoms with van der Waals surface area (Å²) in [4.78, 5) is 36.0. The Hall–Kier alpha value is -2.69. The lowest BCUT2D eigenvalue weighted by atomic mass is 9.88. The molecular weight excluding hydrogens is 320 g/mol. The second-order valence-electron chi connectivity index (χ2n) is 6.02. The van der Waals surface area contributed by atoms with Crippen LogP contribution in [0.4, 0.5) is 0 Å². The van der Waals surface area contributed by atoms with Gasteiger partial charge in [-0.3, -0.25) is 9.59 Å². The second kappa shape index (κ2) is 7.92. The van der Waals surface area contributed by atoms with E-state index in [4.69, 9.17) is 9.47 Å². The lowest BCUT2D eigenvalue weighted by Gasteiger charge is -2.20. The molecule has 0 atom stereocenters. The maximum absolute atomic E-state index is 12.6. The van der Waals surface area contributed by atoms with Crippen molar-refractivity contribution in [3.05, 3.63) is 58.1 Å². The molecule has 5 heteroatoms. The van der Waals surface area contributed by atoms with E-state index in [1.165, 1.54) is 14.2 Å². The molecule has 0 fully saturated rings. The number of rotatable bonds is 7. The zero-order valence-corrected chi connectivity index (χ0v) is 15.0. The number of Topliss-reactive ketones (excluding diaryl/α,β-unsaturated/α-hetero) is 3. The van der Waals surface area contributed by atoms with Gasteiger partial charge in [-0.2, -0.15) is 0 Å². The van der Waals surface area contributed by atoms with Crippen LogP contribution >= 0.6 is 0 Å². The zero-order valence-electron chi connectivity index (χ0n) is 15.0. The Bertz CT molecular complexity index is 766. The van der Waals surface area contributed by atoms with E-state index in [1.54, 1.807) is 13.8 Å². The number of aryl methyl sites for hydroxylation is 1. The minimum atomic E-state index is -0.327. The minimum absolute atomic E-state index is 0.0478. The largest absolute Gasteiger partial charge is 0.489 e. The van der Waals surface area contributed by atoms with Gasteiger partial charge in [-0.15, -0.1) is 0 Å². The van der Waals surface area contributed by atoms with Gasteiger partial charge in [-0.1, -0.05) is 24.3 Å². The number of ether oxygens (including phenoxy) is 2. The van der Waals surface area contributed by atoms with Gasteiger partial charge in [-0.25, -0.2) is 0 Å². The Morgan fingerprint density at radius 3 is 1.96 bits per heavy atom. The van der Waals surface area contributed by atoms with E-state index >= 15 is 0 Å². The van der Waals surface area contributed by atoms with Gasteiger partial charge in [0.25, 0.3) is 0 Å². The van der Waals surface area contributed by atoms with Crippen LogP contribution in [-0.4, -0.2) is 31.6 Å². The van der Waals surface area contributed by atoms with E-state index in [0.29, 0.717) is 30.4 Å². The highest BCUT2D eigenvalue weighted by atomic mass is 16.5. The summed E-state index contributed by atoms with van der Waals surface area (Å²) in [6.07, 6.45) is 1.55. The fraction of sp³-hybridized carbons (Fsp3) is 0.350. The molecule has 0 bridgehead atoms. The predicted octanol–water partition coefficient (Wildman–Crippen LogP) is 2.72. The molecule has 0 N–H and O–H groups in total. The second-order valence-corrected chi connectivity index (χ2v) is 6.02. The van der Waals surface area contributed by atoms with E-state index < -0.39 is 0 Å². The first-order valence-electron chi connectivity index (χ1n) is 8.07. The van der Waals surface area contributed by atoms with Gasteiger partial charge < -0.3 is 14.3 Å². The molecule has 2 rings (SSSR count). The van der Waals surface area contributed by atoms with Crippen molar-refractivity contribution in [3.63, 3.8) is 0 Å². The Morgan fingerprint density at radius 2 is 1.44 bits per heavy atom. The molecule has 25 heavy (non-hydrogen) atoms. The van der Waals surface area contributed by atoms with Crippen LogP contribution in [0.1, 0.15) is 31.4 Å². The summed E-state index contributed by atoms with van der Waals surface area (Å²) in [5.74, 6) is -0.590. The number of carbonyl (C=O) groups excluding carboxylic acids is 3. The average Bonchev–Trinajstić information content (AvgIpc) is 2.60. The van der Waals surface area contributed by atoms with E-state index in [1.807, 2.05) is 24.3 Å². The minimum Gasteiger partial charge on any atom is -0.489 e. The van der Waals surface area contributed by atoms with Crippen LogP contribution in [0.5, 0.6) is 0 Å².